The van der Waals surface area contributed by atoms with Gasteiger partial charge in [-0.15, -0.1) is 0 Å². The molecule has 1 amide bonds. The van der Waals surface area contributed by atoms with Gasteiger partial charge in [0, 0.05) is 30.2 Å². The molecule has 0 unspecified atom stereocenters. The number of carbonyl (C=O) groups excluding carboxylic acids is 1. The molecule has 156 valence electrons. The molecular formula is C19H21ClN2O5S2. The summed E-state index contributed by atoms with van der Waals surface area (Å²) in [6, 6.07) is 12.0. The lowest BCUT2D eigenvalue weighted by molar-refractivity contribution is -0.114. The van der Waals surface area contributed by atoms with Crippen LogP contribution in [0.5, 0.6) is 0 Å². The van der Waals surface area contributed by atoms with E-state index in [0.717, 1.165) is 5.56 Å². The summed E-state index contributed by atoms with van der Waals surface area (Å²) in [5.74, 6) is -0.972. The molecule has 29 heavy (non-hydrogen) atoms. The van der Waals surface area contributed by atoms with Gasteiger partial charge in [0.2, 0.25) is 5.91 Å². The fourth-order valence-electron chi connectivity index (χ4n) is 3.30. The van der Waals surface area contributed by atoms with Crippen molar-refractivity contribution in [3.8, 4) is 0 Å². The van der Waals surface area contributed by atoms with Crippen LogP contribution in [0.1, 0.15) is 12.5 Å². The first-order chi connectivity index (χ1) is 13.6. The van der Waals surface area contributed by atoms with E-state index in [4.69, 9.17) is 11.6 Å². The van der Waals surface area contributed by atoms with E-state index < -0.39 is 36.7 Å². The van der Waals surface area contributed by atoms with Gasteiger partial charge in [0.15, 0.2) is 19.7 Å². The Labute approximate surface area is 175 Å². The van der Waals surface area contributed by atoms with Crippen molar-refractivity contribution in [1.29, 1.82) is 0 Å². The maximum Gasteiger partial charge on any atom is 0.221 e. The molecule has 0 aromatic heterocycles. The standard InChI is InChI=1S/C19H21ClN2O5S2/c1-13(23)22-15-6-8-16(9-7-15)29(26,27)19-12-28(24,25)11-18(19)21-10-14-4-2-3-5-17(14)20/h2-9,18-19,21H,10-12H2,1H3,(H,22,23)/t18-,19-/m0/s1. The molecule has 2 aromatic carbocycles. The second-order valence-electron chi connectivity index (χ2n) is 6.94. The van der Waals surface area contributed by atoms with Crippen LogP contribution in [0.25, 0.3) is 0 Å². The van der Waals surface area contributed by atoms with Crippen molar-refractivity contribution in [3.63, 3.8) is 0 Å². The Kier molecular flexibility index (Phi) is 6.33. The lowest BCUT2D eigenvalue weighted by Gasteiger charge is -2.20. The first-order valence-corrected chi connectivity index (χ1v) is 12.6. The Morgan fingerprint density at radius 3 is 2.38 bits per heavy atom. The van der Waals surface area contributed by atoms with Gasteiger partial charge in [-0.3, -0.25) is 4.79 Å². The molecule has 2 N–H and O–H groups in total. The lowest BCUT2D eigenvalue weighted by atomic mass is 10.2. The molecule has 1 saturated heterocycles. The first-order valence-electron chi connectivity index (χ1n) is 8.87. The van der Waals surface area contributed by atoms with Gasteiger partial charge >= 0.3 is 0 Å². The van der Waals surface area contributed by atoms with Crippen LogP contribution in [0.15, 0.2) is 53.4 Å². The summed E-state index contributed by atoms with van der Waals surface area (Å²) in [4.78, 5) is 11.1. The van der Waals surface area contributed by atoms with Gasteiger partial charge in [-0.1, -0.05) is 29.8 Å². The van der Waals surface area contributed by atoms with E-state index in [9.17, 15) is 21.6 Å². The Morgan fingerprint density at radius 2 is 1.76 bits per heavy atom. The Bertz CT molecular complexity index is 1120. The maximum atomic E-state index is 13.1. The number of benzene rings is 2. The highest BCUT2D eigenvalue weighted by molar-refractivity contribution is 7.96. The maximum absolute atomic E-state index is 13.1. The first kappa shape index (κ1) is 21.8. The van der Waals surface area contributed by atoms with Crippen molar-refractivity contribution in [3.05, 3.63) is 59.1 Å². The molecule has 1 fully saturated rings. The summed E-state index contributed by atoms with van der Waals surface area (Å²) < 4.78 is 50.7. The summed E-state index contributed by atoms with van der Waals surface area (Å²) in [6.45, 7) is 1.61. The van der Waals surface area contributed by atoms with E-state index in [0.29, 0.717) is 10.7 Å². The highest BCUT2D eigenvalue weighted by atomic mass is 35.5. The number of sulfone groups is 2. The van der Waals surface area contributed by atoms with Crippen molar-refractivity contribution >= 4 is 42.9 Å². The molecule has 10 heteroatoms. The average Bonchev–Trinajstić information content (AvgIpc) is 2.96. The minimum Gasteiger partial charge on any atom is -0.326 e. The normalized spacial score (nSPS) is 21.0. The predicted molar refractivity (Wildman–Crippen MR) is 112 cm³/mol. The molecule has 2 aromatic rings. The van der Waals surface area contributed by atoms with E-state index >= 15 is 0 Å². The van der Waals surface area contributed by atoms with E-state index in [-0.39, 0.29) is 23.1 Å². The number of amides is 1. The van der Waals surface area contributed by atoms with E-state index in [1.165, 1.54) is 31.2 Å². The summed E-state index contributed by atoms with van der Waals surface area (Å²) in [5.41, 5.74) is 1.22. The fraction of sp³-hybridized carbons (Fsp3) is 0.316. The van der Waals surface area contributed by atoms with Crippen LogP contribution in [0.2, 0.25) is 5.02 Å². The Morgan fingerprint density at radius 1 is 1.10 bits per heavy atom. The van der Waals surface area contributed by atoms with E-state index in [1.807, 2.05) is 0 Å². The number of hydrogen-bond donors (Lipinski definition) is 2. The highest BCUT2D eigenvalue weighted by Crippen LogP contribution is 2.27. The molecule has 1 heterocycles. The van der Waals surface area contributed by atoms with Crippen LogP contribution in [-0.2, 0) is 31.0 Å². The number of carbonyl (C=O) groups is 1. The third-order valence-corrected chi connectivity index (χ3v) is 9.25. The van der Waals surface area contributed by atoms with Crippen LogP contribution in [0.4, 0.5) is 5.69 Å². The summed E-state index contributed by atoms with van der Waals surface area (Å²) in [5, 5.41) is 5.03. The summed E-state index contributed by atoms with van der Waals surface area (Å²) in [6.07, 6.45) is 0. The molecule has 2 atom stereocenters. The third-order valence-electron chi connectivity index (χ3n) is 4.71. The molecule has 0 bridgehead atoms. The predicted octanol–water partition coefficient (Wildman–Crippen LogP) is 2.03. The van der Waals surface area contributed by atoms with Gasteiger partial charge in [0.25, 0.3) is 0 Å². The molecule has 7 nitrogen and oxygen atoms in total. The molecular weight excluding hydrogens is 436 g/mol. The zero-order valence-electron chi connectivity index (χ0n) is 15.6. The highest BCUT2D eigenvalue weighted by Gasteiger charge is 2.45. The average molecular weight is 457 g/mol. The minimum atomic E-state index is -3.91. The van der Waals surface area contributed by atoms with Crippen molar-refractivity contribution in [2.75, 3.05) is 16.8 Å². The van der Waals surface area contributed by atoms with Crippen molar-refractivity contribution in [2.45, 2.75) is 29.7 Å². The Hall–Kier alpha value is -1.94. The molecule has 1 aliphatic rings. The quantitative estimate of drug-likeness (QED) is 0.688. The van der Waals surface area contributed by atoms with Crippen LogP contribution >= 0.6 is 11.6 Å². The smallest absolute Gasteiger partial charge is 0.221 e. The number of halogens is 1. The minimum absolute atomic E-state index is 0.0123. The van der Waals surface area contributed by atoms with Crippen LogP contribution < -0.4 is 10.6 Å². The topological polar surface area (TPSA) is 109 Å². The number of hydrogen-bond acceptors (Lipinski definition) is 6. The largest absolute Gasteiger partial charge is 0.326 e. The van der Waals surface area contributed by atoms with Crippen LogP contribution in [0, 0.1) is 0 Å². The van der Waals surface area contributed by atoms with Gasteiger partial charge in [0.05, 0.1) is 21.7 Å². The van der Waals surface area contributed by atoms with Gasteiger partial charge < -0.3 is 10.6 Å². The van der Waals surface area contributed by atoms with Crippen LogP contribution in [-0.4, -0.2) is 45.5 Å². The van der Waals surface area contributed by atoms with Crippen molar-refractivity contribution in [2.24, 2.45) is 0 Å². The van der Waals surface area contributed by atoms with E-state index in [2.05, 4.69) is 10.6 Å². The zero-order valence-corrected chi connectivity index (χ0v) is 18.0. The SMILES string of the molecule is CC(=O)Nc1ccc(S(=O)(=O)[C@H]2CS(=O)(=O)C[C@@H]2NCc2ccccc2Cl)cc1. The second-order valence-corrected chi connectivity index (χ2v) is 11.7. The van der Waals surface area contributed by atoms with E-state index in [1.54, 1.807) is 24.3 Å². The van der Waals surface area contributed by atoms with Crippen LogP contribution in [0.3, 0.4) is 0 Å². The number of nitrogens with one attached hydrogen (secondary N) is 2. The van der Waals surface area contributed by atoms with Crippen molar-refractivity contribution in [1.82, 2.24) is 5.32 Å². The second kappa shape index (κ2) is 8.43. The molecule has 3 rings (SSSR count). The number of rotatable bonds is 6. The Balaban J connectivity index is 1.83. The molecule has 0 radical (unpaired) electrons. The van der Waals surface area contributed by atoms with Gasteiger partial charge in [-0.25, -0.2) is 16.8 Å². The number of anilines is 1. The monoisotopic (exact) mass is 456 g/mol. The third kappa shape index (κ3) is 5.16. The molecule has 1 aliphatic heterocycles. The molecule has 0 spiro atoms. The zero-order chi connectivity index (χ0) is 21.2. The summed E-state index contributed by atoms with van der Waals surface area (Å²) in [7, 11) is -7.41. The van der Waals surface area contributed by atoms with Gasteiger partial charge in [-0.2, -0.15) is 0 Å². The lowest BCUT2D eigenvalue weighted by Crippen LogP contribution is -2.43. The van der Waals surface area contributed by atoms with Crippen molar-refractivity contribution < 1.29 is 21.6 Å². The molecule has 0 aliphatic carbocycles. The van der Waals surface area contributed by atoms with Gasteiger partial charge in [-0.05, 0) is 35.9 Å². The fourth-order valence-corrected chi connectivity index (χ4v) is 8.22. The molecule has 0 saturated carbocycles. The van der Waals surface area contributed by atoms with Gasteiger partial charge in [0.1, 0.15) is 0 Å². The summed E-state index contributed by atoms with van der Waals surface area (Å²) >= 11 is 6.13.